The topological polar surface area (TPSA) is 70.0 Å². The maximum atomic E-state index is 10.7. The summed E-state index contributed by atoms with van der Waals surface area (Å²) in [5.41, 5.74) is 0. The van der Waals surface area contributed by atoms with E-state index in [0.29, 0.717) is 19.7 Å². The van der Waals surface area contributed by atoms with Crippen molar-refractivity contribution in [2.24, 2.45) is 5.92 Å². The van der Waals surface area contributed by atoms with Gasteiger partial charge in [0.2, 0.25) is 0 Å². The van der Waals surface area contributed by atoms with Crippen molar-refractivity contribution in [3.63, 3.8) is 0 Å². The molecule has 15 heavy (non-hydrogen) atoms. The molecule has 0 bridgehead atoms. The molecule has 5 nitrogen and oxygen atoms in total. The fourth-order valence-electron chi connectivity index (χ4n) is 1.33. The van der Waals surface area contributed by atoms with Crippen LogP contribution >= 0.6 is 0 Å². The third-order valence-electron chi connectivity index (χ3n) is 2.19. The normalized spacial score (nSPS) is 13.1. The molecule has 0 fully saturated rings. The van der Waals surface area contributed by atoms with Gasteiger partial charge in [0.15, 0.2) is 0 Å². The second-order valence-electron chi connectivity index (χ2n) is 3.61. The fourth-order valence-corrected chi connectivity index (χ4v) is 1.33. The van der Waals surface area contributed by atoms with E-state index >= 15 is 0 Å². The van der Waals surface area contributed by atoms with Crippen molar-refractivity contribution in [1.29, 1.82) is 0 Å². The number of carbonyl (C=O) groups is 1. The van der Waals surface area contributed by atoms with Crippen LogP contribution < -0.4 is 0 Å². The van der Waals surface area contributed by atoms with Gasteiger partial charge in [0, 0.05) is 33.4 Å². The second kappa shape index (κ2) is 8.64. The summed E-state index contributed by atoms with van der Waals surface area (Å²) in [7, 11) is 1.64. The number of ether oxygens (including phenoxy) is 1. The lowest BCUT2D eigenvalue weighted by Crippen LogP contribution is -2.35. The number of rotatable bonds is 9. The van der Waals surface area contributed by atoms with E-state index in [1.807, 2.05) is 4.90 Å². The highest BCUT2D eigenvalue weighted by Gasteiger charge is 2.15. The van der Waals surface area contributed by atoms with Gasteiger partial charge < -0.3 is 19.8 Å². The van der Waals surface area contributed by atoms with Crippen LogP contribution in [0.25, 0.3) is 0 Å². The molecule has 0 saturated carbocycles. The van der Waals surface area contributed by atoms with Gasteiger partial charge in [-0.1, -0.05) is 6.92 Å². The molecular formula is C10H21NO4. The molecule has 1 unspecified atom stereocenters. The zero-order valence-electron chi connectivity index (χ0n) is 9.48. The number of aliphatic hydroxyl groups is 1. The number of methoxy groups -OCH3 is 1. The van der Waals surface area contributed by atoms with Crippen molar-refractivity contribution in [3.05, 3.63) is 0 Å². The smallest absolute Gasteiger partial charge is 0.307 e. The Labute approximate surface area is 90.6 Å². The SMILES string of the molecule is COCCCN(CCO)CC(C)C(=O)O. The van der Waals surface area contributed by atoms with E-state index in [1.165, 1.54) is 0 Å². The van der Waals surface area contributed by atoms with E-state index in [0.717, 1.165) is 13.0 Å². The summed E-state index contributed by atoms with van der Waals surface area (Å²) in [5, 5.41) is 17.6. The predicted molar refractivity (Wildman–Crippen MR) is 56.8 cm³/mol. The Kier molecular flexibility index (Phi) is 8.27. The molecule has 2 N–H and O–H groups in total. The second-order valence-corrected chi connectivity index (χ2v) is 3.61. The summed E-state index contributed by atoms with van der Waals surface area (Å²) in [6.45, 7) is 4.12. The minimum Gasteiger partial charge on any atom is -0.481 e. The summed E-state index contributed by atoms with van der Waals surface area (Å²) in [5.74, 6) is -1.20. The van der Waals surface area contributed by atoms with Crippen LogP contribution in [0.15, 0.2) is 0 Å². The molecule has 0 aromatic rings. The van der Waals surface area contributed by atoms with Gasteiger partial charge in [0.25, 0.3) is 0 Å². The average molecular weight is 219 g/mol. The highest BCUT2D eigenvalue weighted by atomic mass is 16.5. The number of aliphatic hydroxyl groups excluding tert-OH is 1. The monoisotopic (exact) mass is 219 g/mol. The Hall–Kier alpha value is -0.650. The van der Waals surface area contributed by atoms with Gasteiger partial charge in [-0.25, -0.2) is 0 Å². The summed E-state index contributed by atoms with van der Waals surface area (Å²) < 4.78 is 4.92. The Balaban J connectivity index is 3.86. The lowest BCUT2D eigenvalue weighted by Gasteiger charge is -2.22. The van der Waals surface area contributed by atoms with Gasteiger partial charge in [-0.05, 0) is 6.42 Å². The highest BCUT2D eigenvalue weighted by Crippen LogP contribution is 2.01. The molecule has 0 aliphatic rings. The van der Waals surface area contributed by atoms with Gasteiger partial charge in [-0.15, -0.1) is 0 Å². The van der Waals surface area contributed by atoms with Crippen LogP contribution in [0.4, 0.5) is 0 Å². The summed E-state index contributed by atoms with van der Waals surface area (Å²) in [4.78, 5) is 12.6. The average Bonchev–Trinajstić information content (AvgIpc) is 2.18. The molecule has 0 heterocycles. The molecule has 0 spiro atoms. The lowest BCUT2D eigenvalue weighted by molar-refractivity contribution is -0.141. The van der Waals surface area contributed by atoms with E-state index in [4.69, 9.17) is 14.9 Å². The quantitative estimate of drug-likeness (QED) is 0.536. The molecule has 0 aliphatic heterocycles. The van der Waals surface area contributed by atoms with Crippen molar-refractivity contribution in [2.45, 2.75) is 13.3 Å². The molecule has 0 saturated heterocycles. The first-order chi connectivity index (χ1) is 7.11. The van der Waals surface area contributed by atoms with E-state index in [-0.39, 0.29) is 6.61 Å². The van der Waals surface area contributed by atoms with Gasteiger partial charge in [0.1, 0.15) is 0 Å². The van der Waals surface area contributed by atoms with E-state index < -0.39 is 11.9 Å². The summed E-state index contributed by atoms with van der Waals surface area (Å²) in [6, 6.07) is 0. The van der Waals surface area contributed by atoms with Crippen molar-refractivity contribution >= 4 is 5.97 Å². The van der Waals surface area contributed by atoms with Crippen LogP contribution in [0.5, 0.6) is 0 Å². The number of hydrogen-bond acceptors (Lipinski definition) is 4. The Morgan fingerprint density at radius 2 is 2.13 bits per heavy atom. The molecule has 0 aromatic heterocycles. The maximum absolute atomic E-state index is 10.7. The van der Waals surface area contributed by atoms with Crippen molar-refractivity contribution in [1.82, 2.24) is 4.90 Å². The number of hydrogen-bond donors (Lipinski definition) is 2. The van der Waals surface area contributed by atoms with E-state index in [1.54, 1.807) is 14.0 Å². The van der Waals surface area contributed by atoms with Crippen LogP contribution in [0.1, 0.15) is 13.3 Å². The molecule has 90 valence electrons. The number of carboxylic acid groups (broad SMARTS) is 1. The first-order valence-electron chi connectivity index (χ1n) is 5.16. The van der Waals surface area contributed by atoms with Gasteiger partial charge >= 0.3 is 5.97 Å². The predicted octanol–water partition coefficient (Wildman–Crippen LogP) is 0.0379. The van der Waals surface area contributed by atoms with E-state index in [9.17, 15) is 4.79 Å². The van der Waals surface area contributed by atoms with Crippen molar-refractivity contribution in [2.75, 3.05) is 40.0 Å². The van der Waals surface area contributed by atoms with Crippen LogP contribution in [0.2, 0.25) is 0 Å². The summed E-state index contributed by atoms with van der Waals surface area (Å²) in [6.07, 6.45) is 0.850. The van der Waals surface area contributed by atoms with Gasteiger partial charge in [-0.2, -0.15) is 0 Å². The third-order valence-corrected chi connectivity index (χ3v) is 2.19. The minimum atomic E-state index is -0.801. The lowest BCUT2D eigenvalue weighted by atomic mass is 10.1. The van der Waals surface area contributed by atoms with Crippen LogP contribution in [0, 0.1) is 5.92 Å². The van der Waals surface area contributed by atoms with Crippen LogP contribution in [-0.4, -0.2) is 61.0 Å². The zero-order chi connectivity index (χ0) is 11.7. The van der Waals surface area contributed by atoms with Crippen molar-refractivity contribution < 1.29 is 19.7 Å². The standard InChI is InChI=1S/C10H21NO4/c1-9(10(13)14)8-11(5-6-12)4-3-7-15-2/h9,12H,3-8H2,1-2H3,(H,13,14). The molecule has 0 radical (unpaired) electrons. The number of carboxylic acids is 1. The Morgan fingerprint density at radius 3 is 2.60 bits per heavy atom. The van der Waals surface area contributed by atoms with Crippen molar-refractivity contribution in [3.8, 4) is 0 Å². The zero-order valence-corrected chi connectivity index (χ0v) is 9.48. The number of nitrogens with zero attached hydrogens (tertiary/aromatic N) is 1. The molecule has 5 heteroatoms. The van der Waals surface area contributed by atoms with Gasteiger partial charge in [0.05, 0.1) is 12.5 Å². The first-order valence-corrected chi connectivity index (χ1v) is 5.16. The Bertz CT molecular complexity index is 175. The molecule has 0 rings (SSSR count). The summed E-state index contributed by atoms with van der Waals surface area (Å²) >= 11 is 0. The van der Waals surface area contributed by atoms with E-state index in [2.05, 4.69) is 0 Å². The fraction of sp³-hybridized carbons (Fsp3) is 0.900. The minimum absolute atomic E-state index is 0.0549. The molecule has 0 amide bonds. The molecular weight excluding hydrogens is 198 g/mol. The Morgan fingerprint density at radius 1 is 1.47 bits per heavy atom. The molecule has 1 atom stereocenters. The third kappa shape index (κ3) is 7.30. The largest absolute Gasteiger partial charge is 0.481 e. The molecule has 0 aromatic carbocycles. The van der Waals surface area contributed by atoms with Crippen LogP contribution in [-0.2, 0) is 9.53 Å². The molecule has 0 aliphatic carbocycles. The first kappa shape index (κ1) is 14.3. The van der Waals surface area contributed by atoms with Gasteiger partial charge in [-0.3, -0.25) is 4.79 Å². The van der Waals surface area contributed by atoms with Crippen LogP contribution in [0.3, 0.4) is 0 Å². The maximum Gasteiger partial charge on any atom is 0.307 e. The number of aliphatic carboxylic acids is 1. The highest BCUT2D eigenvalue weighted by molar-refractivity contribution is 5.69.